The van der Waals surface area contributed by atoms with Gasteiger partial charge in [-0.3, -0.25) is 10.1 Å². The monoisotopic (exact) mass is 648 g/mol. The van der Waals surface area contributed by atoms with Gasteiger partial charge in [0.1, 0.15) is 23.4 Å². The maximum absolute atomic E-state index is 15.0. The summed E-state index contributed by atoms with van der Waals surface area (Å²) in [6.07, 6.45) is 1.81. The van der Waals surface area contributed by atoms with Crippen LogP contribution in [-0.2, 0) is 4.74 Å². The predicted molar refractivity (Wildman–Crippen MR) is 172 cm³/mol. The number of thiazole rings is 1. The van der Waals surface area contributed by atoms with Crippen molar-refractivity contribution >= 4 is 50.3 Å². The number of hydrogen-bond donors (Lipinski definition) is 3. The SMILES string of the molecule is COc1cnc2c(-c3nc4cc(F)c(O[C@@H](C)COC(=O)Nc5ccc(C(=O)NCCC(C)(C)O)nc5)cc4s3)cc(C)cc2n1. The number of anilines is 1. The van der Waals surface area contributed by atoms with Gasteiger partial charge in [0.25, 0.3) is 5.91 Å². The van der Waals surface area contributed by atoms with Crippen molar-refractivity contribution in [2.24, 2.45) is 0 Å². The summed E-state index contributed by atoms with van der Waals surface area (Å²) >= 11 is 1.37. The van der Waals surface area contributed by atoms with E-state index in [4.69, 9.17) is 14.2 Å². The number of pyridine rings is 1. The lowest BCUT2D eigenvalue weighted by Gasteiger charge is -2.16. The molecule has 46 heavy (non-hydrogen) atoms. The summed E-state index contributed by atoms with van der Waals surface area (Å²) in [5.41, 5.74) is 3.11. The van der Waals surface area contributed by atoms with Gasteiger partial charge in [0.15, 0.2) is 11.6 Å². The lowest BCUT2D eigenvalue weighted by Crippen LogP contribution is -2.31. The van der Waals surface area contributed by atoms with Gasteiger partial charge in [0.2, 0.25) is 5.88 Å². The summed E-state index contributed by atoms with van der Waals surface area (Å²) in [5.74, 6) is -0.600. The zero-order chi connectivity index (χ0) is 33.0. The molecule has 240 valence electrons. The molecule has 2 amide bonds. The molecule has 0 aliphatic heterocycles. The molecule has 0 saturated heterocycles. The summed E-state index contributed by atoms with van der Waals surface area (Å²) in [6, 6.07) is 9.72. The fraction of sp³-hybridized carbons (Fsp3) is 0.312. The molecule has 2 aromatic carbocycles. The molecular formula is C32H33FN6O6S. The molecule has 0 radical (unpaired) electrons. The number of rotatable bonds is 11. The molecule has 12 nitrogen and oxygen atoms in total. The Morgan fingerprint density at radius 2 is 1.89 bits per heavy atom. The van der Waals surface area contributed by atoms with Crippen LogP contribution in [0.15, 0.2) is 48.8 Å². The molecule has 3 aromatic heterocycles. The molecule has 0 saturated carbocycles. The zero-order valence-corrected chi connectivity index (χ0v) is 26.7. The van der Waals surface area contributed by atoms with Crippen LogP contribution in [0.4, 0.5) is 14.9 Å². The molecule has 0 aliphatic rings. The van der Waals surface area contributed by atoms with Crippen LogP contribution >= 0.6 is 11.3 Å². The van der Waals surface area contributed by atoms with Crippen LogP contribution in [0.5, 0.6) is 11.6 Å². The molecule has 0 aliphatic carbocycles. The Kier molecular flexibility index (Phi) is 9.58. The van der Waals surface area contributed by atoms with Crippen molar-refractivity contribution < 1.29 is 33.3 Å². The van der Waals surface area contributed by atoms with Crippen LogP contribution in [0.1, 0.15) is 43.2 Å². The number of amides is 2. The Labute approximate surface area is 268 Å². The van der Waals surface area contributed by atoms with Gasteiger partial charge in [-0.1, -0.05) is 0 Å². The van der Waals surface area contributed by atoms with E-state index in [1.54, 1.807) is 33.0 Å². The highest BCUT2D eigenvalue weighted by Gasteiger charge is 2.18. The third-order valence-electron chi connectivity index (χ3n) is 6.69. The van der Waals surface area contributed by atoms with Crippen molar-refractivity contribution in [1.29, 1.82) is 0 Å². The molecule has 0 bridgehead atoms. The van der Waals surface area contributed by atoms with Gasteiger partial charge in [0, 0.05) is 24.2 Å². The lowest BCUT2D eigenvalue weighted by atomic mass is 10.1. The van der Waals surface area contributed by atoms with Crippen molar-refractivity contribution in [1.82, 2.24) is 25.3 Å². The van der Waals surface area contributed by atoms with E-state index in [0.29, 0.717) is 44.2 Å². The highest BCUT2D eigenvalue weighted by molar-refractivity contribution is 7.21. The predicted octanol–water partition coefficient (Wildman–Crippen LogP) is 5.66. The van der Waals surface area contributed by atoms with E-state index < -0.39 is 29.5 Å². The molecular weight excluding hydrogens is 615 g/mol. The molecule has 1 atom stereocenters. The number of fused-ring (bicyclic) bond motifs is 2. The minimum atomic E-state index is -0.894. The topological polar surface area (TPSA) is 158 Å². The molecule has 3 N–H and O–H groups in total. The number of nitrogens with zero attached hydrogens (tertiary/aromatic N) is 4. The Bertz CT molecular complexity index is 1890. The maximum Gasteiger partial charge on any atom is 0.411 e. The van der Waals surface area contributed by atoms with Crippen molar-refractivity contribution in [2.75, 3.05) is 25.6 Å². The number of ether oxygens (including phenoxy) is 3. The van der Waals surface area contributed by atoms with E-state index in [2.05, 4.69) is 30.6 Å². The first-order valence-electron chi connectivity index (χ1n) is 14.4. The largest absolute Gasteiger partial charge is 0.484 e. The first kappa shape index (κ1) is 32.4. The summed E-state index contributed by atoms with van der Waals surface area (Å²) in [6.45, 7) is 7.03. The number of methoxy groups -OCH3 is 1. The number of carbonyl (C=O) groups is 2. The minimum Gasteiger partial charge on any atom is -0.484 e. The number of aromatic nitrogens is 4. The van der Waals surface area contributed by atoms with Gasteiger partial charge in [-0.2, -0.15) is 0 Å². The summed E-state index contributed by atoms with van der Waals surface area (Å²) in [7, 11) is 1.53. The van der Waals surface area contributed by atoms with Gasteiger partial charge in [-0.25, -0.2) is 29.1 Å². The van der Waals surface area contributed by atoms with Gasteiger partial charge in [0.05, 0.1) is 52.0 Å². The van der Waals surface area contributed by atoms with Gasteiger partial charge in [-0.15, -0.1) is 11.3 Å². The van der Waals surface area contributed by atoms with Gasteiger partial charge < -0.3 is 24.6 Å². The Hall–Kier alpha value is -4.95. The highest BCUT2D eigenvalue weighted by Crippen LogP contribution is 2.37. The van der Waals surface area contributed by atoms with Crippen LogP contribution < -0.4 is 20.1 Å². The van der Waals surface area contributed by atoms with Crippen LogP contribution in [0.25, 0.3) is 31.8 Å². The highest BCUT2D eigenvalue weighted by atomic mass is 32.1. The number of halogens is 1. The zero-order valence-electron chi connectivity index (χ0n) is 25.9. The number of carbonyl (C=O) groups excluding carboxylic acids is 2. The molecule has 0 unspecified atom stereocenters. The van der Waals surface area contributed by atoms with Crippen LogP contribution in [0, 0.1) is 12.7 Å². The third-order valence-corrected chi connectivity index (χ3v) is 7.74. The van der Waals surface area contributed by atoms with Crippen molar-refractivity contribution in [2.45, 2.75) is 45.8 Å². The minimum absolute atomic E-state index is 0.00143. The van der Waals surface area contributed by atoms with E-state index in [1.165, 1.54) is 42.8 Å². The Morgan fingerprint density at radius 3 is 2.61 bits per heavy atom. The van der Waals surface area contributed by atoms with E-state index in [9.17, 15) is 14.7 Å². The Morgan fingerprint density at radius 1 is 1.09 bits per heavy atom. The normalized spacial score (nSPS) is 12.2. The average Bonchev–Trinajstić information content (AvgIpc) is 3.41. The van der Waals surface area contributed by atoms with Gasteiger partial charge >= 0.3 is 6.09 Å². The van der Waals surface area contributed by atoms with E-state index >= 15 is 4.39 Å². The summed E-state index contributed by atoms with van der Waals surface area (Å²) < 4.78 is 31.9. The second kappa shape index (κ2) is 13.6. The molecule has 0 spiro atoms. The first-order valence-corrected chi connectivity index (χ1v) is 15.2. The van der Waals surface area contributed by atoms with Gasteiger partial charge in [-0.05, 0) is 63.9 Å². The number of nitrogens with one attached hydrogen (secondary N) is 2. The smallest absolute Gasteiger partial charge is 0.411 e. The third kappa shape index (κ3) is 8.00. The van der Waals surface area contributed by atoms with Crippen LogP contribution in [-0.4, -0.2) is 69.0 Å². The van der Waals surface area contributed by atoms with Crippen LogP contribution in [0.3, 0.4) is 0 Å². The Balaban J connectivity index is 1.18. The standard InChI is InChI=1S/C32H33FN6O6S/c1-17-10-20(28-24(11-17)38-27(43-5)15-36-28)30-39-23-12-21(33)25(13-26(23)46-30)45-18(2)16-44-31(41)37-19-6-7-22(35-14-19)29(40)34-9-8-32(3,4)42/h6-7,10-15,18,42H,8-9,16H2,1-5H3,(H,34,40)(H,37,41)/t18-/m0/s1. The second-order valence-corrected chi connectivity index (χ2v) is 12.3. The fourth-order valence-electron chi connectivity index (χ4n) is 4.42. The molecule has 5 rings (SSSR count). The quantitative estimate of drug-likeness (QED) is 0.163. The van der Waals surface area contributed by atoms with E-state index in [0.717, 1.165) is 11.1 Å². The van der Waals surface area contributed by atoms with E-state index in [-0.39, 0.29) is 24.6 Å². The van der Waals surface area contributed by atoms with Crippen molar-refractivity contribution in [3.8, 4) is 22.2 Å². The summed E-state index contributed by atoms with van der Waals surface area (Å²) in [5, 5.41) is 15.6. The maximum atomic E-state index is 15.0. The lowest BCUT2D eigenvalue weighted by molar-refractivity contribution is 0.0692. The number of aliphatic hydroxyl groups is 1. The summed E-state index contributed by atoms with van der Waals surface area (Å²) in [4.78, 5) is 42.2. The van der Waals surface area contributed by atoms with Crippen LogP contribution in [0.2, 0.25) is 0 Å². The van der Waals surface area contributed by atoms with Crippen molar-refractivity contribution in [3.63, 3.8) is 0 Å². The number of aryl methyl sites for hydroxylation is 1. The number of benzene rings is 2. The van der Waals surface area contributed by atoms with Crippen molar-refractivity contribution in [3.05, 3.63) is 65.9 Å². The second-order valence-electron chi connectivity index (χ2n) is 11.3. The average molecular weight is 649 g/mol. The number of hydrogen-bond acceptors (Lipinski definition) is 11. The van der Waals surface area contributed by atoms with E-state index in [1.807, 2.05) is 19.1 Å². The first-order chi connectivity index (χ1) is 21.9. The molecule has 5 aromatic rings. The fourth-order valence-corrected chi connectivity index (χ4v) is 5.41. The molecule has 3 heterocycles. The molecule has 0 fully saturated rings. The molecule has 14 heteroatoms.